The van der Waals surface area contributed by atoms with E-state index in [2.05, 4.69) is 42.6 Å². The van der Waals surface area contributed by atoms with Crippen molar-refractivity contribution >= 4 is 28.6 Å². The summed E-state index contributed by atoms with van der Waals surface area (Å²) in [5.41, 5.74) is 2.98. The number of amides is 1. The van der Waals surface area contributed by atoms with E-state index in [4.69, 9.17) is 0 Å². The molecule has 3 aromatic rings. The van der Waals surface area contributed by atoms with E-state index in [1.54, 1.807) is 11.3 Å². The molecular formula is C21H22N3O3S+. The highest BCUT2D eigenvalue weighted by molar-refractivity contribution is 7.10. The van der Waals surface area contributed by atoms with Crippen LogP contribution in [0.15, 0.2) is 66.0 Å². The smallest absolute Gasteiger partial charge is 0.279 e. The third kappa shape index (κ3) is 5.03. The van der Waals surface area contributed by atoms with Gasteiger partial charge in [-0.05, 0) is 35.6 Å². The van der Waals surface area contributed by atoms with Crippen molar-refractivity contribution in [3.8, 4) is 0 Å². The van der Waals surface area contributed by atoms with Crippen LogP contribution in [-0.2, 0) is 11.2 Å². The Morgan fingerprint density at radius 2 is 1.86 bits per heavy atom. The van der Waals surface area contributed by atoms with Crippen molar-refractivity contribution < 1.29 is 15.0 Å². The molecule has 0 aliphatic heterocycles. The number of benzene rings is 2. The minimum absolute atomic E-state index is 0.00199. The fraction of sp³-hybridized carbons (Fsp3) is 0.190. The molecule has 0 aliphatic carbocycles. The van der Waals surface area contributed by atoms with E-state index in [1.165, 1.54) is 34.7 Å². The van der Waals surface area contributed by atoms with Gasteiger partial charge in [0.1, 0.15) is 6.04 Å². The van der Waals surface area contributed by atoms with Crippen LogP contribution in [0.2, 0.25) is 0 Å². The minimum Gasteiger partial charge on any atom is -0.328 e. The number of hydrogen-bond acceptors (Lipinski definition) is 4. The van der Waals surface area contributed by atoms with Crippen molar-refractivity contribution in [3.05, 3.63) is 92.2 Å². The molecule has 144 valence electrons. The molecule has 0 aliphatic rings. The SMILES string of the molecule is CCc1ccc([C@@H]([NH2+]CC(=O)Nc2ccc([N+](=O)[O-])cc2)c2cccs2)cc1. The lowest BCUT2D eigenvalue weighted by molar-refractivity contribution is -0.675. The average Bonchev–Trinajstić information content (AvgIpc) is 3.23. The molecule has 0 fully saturated rings. The van der Waals surface area contributed by atoms with Crippen LogP contribution >= 0.6 is 11.3 Å². The van der Waals surface area contributed by atoms with Gasteiger partial charge in [-0.2, -0.15) is 0 Å². The third-order valence-corrected chi connectivity index (χ3v) is 5.45. The first kappa shape index (κ1) is 19.7. The number of nitrogens with two attached hydrogens (primary N) is 1. The van der Waals surface area contributed by atoms with Crippen LogP contribution in [0.4, 0.5) is 11.4 Å². The quantitative estimate of drug-likeness (QED) is 0.451. The van der Waals surface area contributed by atoms with Gasteiger partial charge in [-0.15, -0.1) is 11.3 Å². The summed E-state index contributed by atoms with van der Waals surface area (Å²) in [6.07, 6.45) is 0.991. The van der Waals surface area contributed by atoms with Crippen LogP contribution < -0.4 is 10.6 Å². The number of carbonyl (C=O) groups excluding carboxylic acids is 1. The molecule has 3 N–H and O–H groups in total. The number of hydrogen-bond donors (Lipinski definition) is 2. The monoisotopic (exact) mass is 396 g/mol. The minimum atomic E-state index is -0.463. The summed E-state index contributed by atoms with van der Waals surface area (Å²) in [7, 11) is 0. The fourth-order valence-electron chi connectivity index (χ4n) is 2.95. The number of rotatable bonds is 8. The van der Waals surface area contributed by atoms with Crippen molar-refractivity contribution in [2.24, 2.45) is 0 Å². The van der Waals surface area contributed by atoms with E-state index in [0.717, 1.165) is 12.0 Å². The summed E-state index contributed by atoms with van der Waals surface area (Å²) in [5, 5.41) is 17.5. The van der Waals surface area contributed by atoms with Crippen molar-refractivity contribution in [1.29, 1.82) is 0 Å². The zero-order valence-corrected chi connectivity index (χ0v) is 16.3. The van der Waals surface area contributed by atoms with Gasteiger partial charge in [-0.1, -0.05) is 37.3 Å². The molecule has 1 amide bonds. The molecule has 0 saturated heterocycles. The number of aryl methyl sites for hydroxylation is 1. The molecule has 28 heavy (non-hydrogen) atoms. The Hall–Kier alpha value is -3.03. The second-order valence-corrected chi connectivity index (χ2v) is 7.36. The van der Waals surface area contributed by atoms with E-state index < -0.39 is 4.92 Å². The number of non-ortho nitro benzene ring substituents is 1. The second-order valence-electron chi connectivity index (χ2n) is 6.38. The largest absolute Gasteiger partial charge is 0.328 e. The Balaban J connectivity index is 1.65. The summed E-state index contributed by atoms with van der Waals surface area (Å²) in [5.74, 6) is -0.152. The summed E-state index contributed by atoms with van der Waals surface area (Å²) in [6, 6.07) is 18.5. The van der Waals surface area contributed by atoms with Crippen molar-refractivity contribution in [1.82, 2.24) is 0 Å². The number of nitro benzene ring substituents is 1. The van der Waals surface area contributed by atoms with Gasteiger partial charge in [0.25, 0.3) is 11.6 Å². The van der Waals surface area contributed by atoms with Gasteiger partial charge in [0.05, 0.1) is 9.80 Å². The normalized spacial score (nSPS) is 11.8. The van der Waals surface area contributed by atoms with Crippen LogP contribution in [0, 0.1) is 10.1 Å². The van der Waals surface area contributed by atoms with Crippen LogP contribution in [0.1, 0.15) is 29.0 Å². The van der Waals surface area contributed by atoms with E-state index >= 15 is 0 Å². The lowest BCUT2D eigenvalue weighted by atomic mass is 10.0. The average molecular weight is 396 g/mol. The first-order valence-electron chi connectivity index (χ1n) is 9.06. The zero-order chi connectivity index (χ0) is 19.9. The Labute approximate surface area is 167 Å². The third-order valence-electron chi connectivity index (χ3n) is 4.50. The van der Waals surface area contributed by atoms with E-state index in [9.17, 15) is 14.9 Å². The number of quaternary nitrogens is 1. The number of carbonyl (C=O) groups is 1. The maximum atomic E-state index is 12.4. The summed E-state index contributed by atoms with van der Waals surface area (Å²) < 4.78 is 0. The lowest BCUT2D eigenvalue weighted by Crippen LogP contribution is -2.87. The Bertz CT molecular complexity index is 923. The maximum Gasteiger partial charge on any atom is 0.279 e. The van der Waals surface area contributed by atoms with Gasteiger partial charge in [0, 0.05) is 23.4 Å². The molecule has 0 saturated carbocycles. The van der Waals surface area contributed by atoms with Crippen molar-refractivity contribution in [2.45, 2.75) is 19.4 Å². The Morgan fingerprint density at radius 1 is 1.14 bits per heavy atom. The number of anilines is 1. The first-order chi connectivity index (χ1) is 13.6. The van der Waals surface area contributed by atoms with E-state index in [0.29, 0.717) is 5.69 Å². The van der Waals surface area contributed by atoms with Crippen molar-refractivity contribution in [3.63, 3.8) is 0 Å². The molecular weight excluding hydrogens is 374 g/mol. The predicted octanol–water partition coefficient (Wildman–Crippen LogP) is 3.51. The lowest BCUT2D eigenvalue weighted by Gasteiger charge is -2.15. The molecule has 1 heterocycles. The Morgan fingerprint density at radius 3 is 2.43 bits per heavy atom. The van der Waals surface area contributed by atoms with Crippen molar-refractivity contribution in [2.75, 3.05) is 11.9 Å². The Kier molecular flexibility index (Phi) is 6.52. The van der Waals surface area contributed by atoms with E-state index in [-0.39, 0.29) is 24.2 Å². The maximum absolute atomic E-state index is 12.4. The molecule has 0 spiro atoms. The number of thiophene rings is 1. The van der Waals surface area contributed by atoms with Gasteiger partial charge in [-0.3, -0.25) is 14.9 Å². The van der Waals surface area contributed by atoms with Gasteiger partial charge in [0.15, 0.2) is 6.54 Å². The molecule has 7 heteroatoms. The highest BCUT2D eigenvalue weighted by atomic mass is 32.1. The molecule has 0 radical (unpaired) electrons. The van der Waals surface area contributed by atoms with Gasteiger partial charge >= 0.3 is 0 Å². The van der Waals surface area contributed by atoms with Gasteiger partial charge in [-0.25, -0.2) is 0 Å². The number of nitrogens with zero attached hydrogens (tertiary/aromatic N) is 1. The molecule has 1 atom stereocenters. The van der Waals surface area contributed by atoms with Crippen LogP contribution in [0.5, 0.6) is 0 Å². The summed E-state index contributed by atoms with van der Waals surface area (Å²) >= 11 is 1.67. The first-order valence-corrected chi connectivity index (χ1v) is 9.94. The van der Waals surface area contributed by atoms with Crippen LogP contribution in [0.25, 0.3) is 0 Å². The highest BCUT2D eigenvalue weighted by Gasteiger charge is 2.20. The second kappa shape index (κ2) is 9.25. The zero-order valence-electron chi connectivity index (χ0n) is 15.5. The van der Waals surface area contributed by atoms with E-state index in [1.807, 2.05) is 16.8 Å². The topological polar surface area (TPSA) is 88.8 Å². The van der Waals surface area contributed by atoms with Crippen LogP contribution in [0.3, 0.4) is 0 Å². The number of nitrogens with one attached hydrogen (secondary N) is 1. The molecule has 0 bridgehead atoms. The van der Waals surface area contributed by atoms with Crippen LogP contribution in [-0.4, -0.2) is 17.4 Å². The van der Waals surface area contributed by atoms with Gasteiger partial charge < -0.3 is 10.6 Å². The van der Waals surface area contributed by atoms with Gasteiger partial charge in [0.2, 0.25) is 0 Å². The number of nitro groups is 1. The summed E-state index contributed by atoms with van der Waals surface area (Å²) in [6.45, 7) is 2.37. The fourth-order valence-corrected chi connectivity index (χ4v) is 3.80. The molecule has 1 aromatic heterocycles. The molecule has 6 nitrogen and oxygen atoms in total. The highest BCUT2D eigenvalue weighted by Crippen LogP contribution is 2.23. The summed E-state index contributed by atoms with van der Waals surface area (Å²) in [4.78, 5) is 23.8. The molecule has 3 rings (SSSR count). The predicted molar refractivity (Wildman–Crippen MR) is 111 cm³/mol. The molecule has 0 unspecified atom stereocenters. The molecule has 2 aromatic carbocycles. The standard InChI is InChI=1S/C21H21N3O3S/c1-2-15-5-7-16(8-6-15)21(19-4-3-13-28-19)22-14-20(25)23-17-9-11-18(12-10-17)24(26)27/h3-13,21-22H,2,14H2,1H3,(H,23,25)/p+1/t21-/m1/s1.